The van der Waals surface area contributed by atoms with Crippen LogP contribution in [0.25, 0.3) is 0 Å². The number of ether oxygens (including phenoxy) is 1. The minimum absolute atomic E-state index is 0.373. The molecule has 1 aromatic rings. The number of piperidine rings is 1. The van der Waals surface area contributed by atoms with Crippen LogP contribution in [0.4, 0.5) is 4.79 Å². The Labute approximate surface area is 101 Å². The van der Waals surface area contributed by atoms with Gasteiger partial charge in [-0.25, -0.2) is 4.79 Å². The Morgan fingerprint density at radius 2 is 2.24 bits per heavy atom. The predicted octanol–water partition coefficient (Wildman–Crippen LogP) is 1.77. The summed E-state index contributed by atoms with van der Waals surface area (Å²) in [5, 5.41) is 6.12. The van der Waals surface area contributed by atoms with Gasteiger partial charge in [-0.15, -0.1) is 0 Å². The van der Waals surface area contributed by atoms with Crippen molar-refractivity contribution in [2.45, 2.75) is 12.8 Å². The van der Waals surface area contributed by atoms with Crippen molar-refractivity contribution in [1.82, 2.24) is 10.6 Å². The minimum Gasteiger partial charge on any atom is -0.410 e. The first kappa shape index (κ1) is 11.9. The third kappa shape index (κ3) is 4.07. The first-order valence-electron chi connectivity index (χ1n) is 6.06. The molecule has 1 aliphatic rings. The van der Waals surface area contributed by atoms with Gasteiger partial charge in [-0.3, -0.25) is 0 Å². The quantitative estimate of drug-likeness (QED) is 0.838. The number of benzene rings is 1. The molecule has 17 heavy (non-hydrogen) atoms. The van der Waals surface area contributed by atoms with Gasteiger partial charge >= 0.3 is 6.09 Å². The number of amides is 1. The summed E-state index contributed by atoms with van der Waals surface area (Å²) >= 11 is 0. The van der Waals surface area contributed by atoms with Gasteiger partial charge in [-0.1, -0.05) is 18.2 Å². The molecule has 4 heteroatoms. The van der Waals surface area contributed by atoms with E-state index >= 15 is 0 Å². The highest BCUT2D eigenvalue weighted by molar-refractivity contribution is 5.70. The molecule has 1 unspecified atom stereocenters. The van der Waals surface area contributed by atoms with E-state index in [4.69, 9.17) is 4.74 Å². The number of para-hydroxylation sites is 1. The van der Waals surface area contributed by atoms with Gasteiger partial charge in [-0.05, 0) is 44.0 Å². The summed E-state index contributed by atoms with van der Waals surface area (Å²) in [5.41, 5.74) is 0. The van der Waals surface area contributed by atoms with E-state index in [1.54, 1.807) is 12.1 Å². The Morgan fingerprint density at radius 1 is 1.41 bits per heavy atom. The number of hydrogen-bond donors (Lipinski definition) is 2. The molecule has 92 valence electrons. The summed E-state index contributed by atoms with van der Waals surface area (Å²) in [6.45, 7) is 2.75. The standard InChI is InChI=1S/C13H18N2O2/c16-13(17-12-6-2-1-3-7-12)15-10-11-5-4-8-14-9-11/h1-3,6-7,11,14H,4-5,8-10H2,(H,15,16). The van der Waals surface area contributed by atoms with E-state index in [1.165, 1.54) is 12.8 Å². The van der Waals surface area contributed by atoms with E-state index in [-0.39, 0.29) is 6.09 Å². The molecule has 2 N–H and O–H groups in total. The van der Waals surface area contributed by atoms with Crippen molar-refractivity contribution in [3.05, 3.63) is 30.3 Å². The summed E-state index contributed by atoms with van der Waals surface area (Å²) in [7, 11) is 0. The number of rotatable bonds is 3. The topological polar surface area (TPSA) is 50.4 Å². The summed E-state index contributed by atoms with van der Waals surface area (Å²) in [6.07, 6.45) is 1.97. The fourth-order valence-corrected chi connectivity index (χ4v) is 1.96. The average molecular weight is 234 g/mol. The van der Waals surface area contributed by atoms with E-state index in [9.17, 15) is 4.79 Å². The fourth-order valence-electron chi connectivity index (χ4n) is 1.96. The maximum atomic E-state index is 11.5. The molecule has 1 saturated heterocycles. The molecule has 1 heterocycles. The molecule has 0 bridgehead atoms. The molecule has 0 saturated carbocycles. The van der Waals surface area contributed by atoms with Crippen LogP contribution in [-0.2, 0) is 0 Å². The lowest BCUT2D eigenvalue weighted by Gasteiger charge is -2.22. The molecule has 1 aromatic carbocycles. The van der Waals surface area contributed by atoms with Gasteiger partial charge in [0, 0.05) is 6.54 Å². The molecule has 4 nitrogen and oxygen atoms in total. The van der Waals surface area contributed by atoms with Crippen LogP contribution in [0.15, 0.2) is 30.3 Å². The van der Waals surface area contributed by atoms with Crippen molar-refractivity contribution < 1.29 is 9.53 Å². The second-order valence-corrected chi connectivity index (χ2v) is 4.30. The highest BCUT2D eigenvalue weighted by Gasteiger charge is 2.14. The molecule has 1 aliphatic heterocycles. The largest absolute Gasteiger partial charge is 0.412 e. The summed E-state index contributed by atoms with van der Waals surface area (Å²) in [5.74, 6) is 1.10. The first-order chi connectivity index (χ1) is 8.34. The van der Waals surface area contributed by atoms with Crippen molar-refractivity contribution in [2.24, 2.45) is 5.92 Å². The van der Waals surface area contributed by atoms with E-state index in [0.717, 1.165) is 13.1 Å². The summed E-state index contributed by atoms with van der Waals surface area (Å²) < 4.78 is 5.13. The van der Waals surface area contributed by atoms with Crippen LogP contribution in [-0.4, -0.2) is 25.7 Å². The Balaban J connectivity index is 1.70. The highest BCUT2D eigenvalue weighted by atomic mass is 16.5. The van der Waals surface area contributed by atoms with Crippen molar-refractivity contribution >= 4 is 6.09 Å². The highest BCUT2D eigenvalue weighted by Crippen LogP contribution is 2.10. The van der Waals surface area contributed by atoms with Crippen LogP contribution in [0, 0.1) is 5.92 Å². The molecule has 0 radical (unpaired) electrons. The Bertz CT molecular complexity index is 348. The molecule has 1 fully saturated rings. The Morgan fingerprint density at radius 3 is 2.94 bits per heavy atom. The van der Waals surface area contributed by atoms with Crippen LogP contribution in [0.1, 0.15) is 12.8 Å². The molecule has 0 aliphatic carbocycles. The second-order valence-electron chi connectivity index (χ2n) is 4.30. The van der Waals surface area contributed by atoms with Crippen LogP contribution in [0.2, 0.25) is 0 Å². The molecule has 2 rings (SSSR count). The van der Waals surface area contributed by atoms with E-state index < -0.39 is 0 Å². The van der Waals surface area contributed by atoms with Gasteiger partial charge in [0.2, 0.25) is 0 Å². The molecular weight excluding hydrogens is 216 g/mol. The zero-order valence-corrected chi connectivity index (χ0v) is 9.82. The molecule has 1 amide bonds. The maximum Gasteiger partial charge on any atom is 0.412 e. The smallest absolute Gasteiger partial charge is 0.410 e. The molecule has 0 spiro atoms. The third-order valence-electron chi connectivity index (χ3n) is 2.89. The minimum atomic E-state index is -0.373. The molecular formula is C13H18N2O2. The van der Waals surface area contributed by atoms with Gasteiger partial charge < -0.3 is 15.4 Å². The normalized spacial score (nSPS) is 19.6. The van der Waals surface area contributed by atoms with E-state index in [0.29, 0.717) is 18.2 Å². The van der Waals surface area contributed by atoms with Gasteiger partial charge in [0.15, 0.2) is 0 Å². The Hall–Kier alpha value is -1.55. The number of nitrogens with one attached hydrogen (secondary N) is 2. The first-order valence-corrected chi connectivity index (χ1v) is 6.06. The second kappa shape index (κ2) is 6.25. The zero-order valence-electron chi connectivity index (χ0n) is 9.82. The van der Waals surface area contributed by atoms with Crippen molar-refractivity contribution in [1.29, 1.82) is 0 Å². The maximum absolute atomic E-state index is 11.5. The molecule has 0 aromatic heterocycles. The lowest BCUT2D eigenvalue weighted by Crippen LogP contribution is -2.39. The number of carbonyl (C=O) groups is 1. The van der Waals surface area contributed by atoms with E-state index in [2.05, 4.69) is 10.6 Å². The summed E-state index contributed by atoms with van der Waals surface area (Å²) in [6, 6.07) is 9.10. The van der Waals surface area contributed by atoms with Gasteiger partial charge in [0.05, 0.1) is 0 Å². The van der Waals surface area contributed by atoms with E-state index in [1.807, 2.05) is 18.2 Å². The third-order valence-corrected chi connectivity index (χ3v) is 2.89. The van der Waals surface area contributed by atoms with Gasteiger partial charge in [0.25, 0.3) is 0 Å². The van der Waals surface area contributed by atoms with Crippen LogP contribution < -0.4 is 15.4 Å². The van der Waals surface area contributed by atoms with Crippen LogP contribution in [0.3, 0.4) is 0 Å². The average Bonchev–Trinajstić information content (AvgIpc) is 2.39. The predicted molar refractivity (Wildman–Crippen MR) is 66.1 cm³/mol. The summed E-state index contributed by atoms with van der Waals surface area (Å²) in [4.78, 5) is 11.5. The number of carbonyl (C=O) groups excluding carboxylic acids is 1. The molecule has 1 atom stereocenters. The lowest BCUT2D eigenvalue weighted by atomic mass is 10.00. The number of hydrogen-bond acceptors (Lipinski definition) is 3. The SMILES string of the molecule is O=C(NCC1CCCNC1)Oc1ccccc1. The fraction of sp³-hybridized carbons (Fsp3) is 0.462. The van der Waals surface area contributed by atoms with Crippen molar-refractivity contribution in [3.8, 4) is 5.75 Å². The van der Waals surface area contributed by atoms with Crippen LogP contribution >= 0.6 is 0 Å². The van der Waals surface area contributed by atoms with Crippen molar-refractivity contribution in [2.75, 3.05) is 19.6 Å². The van der Waals surface area contributed by atoms with Gasteiger partial charge in [-0.2, -0.15) is 0 Å². The van der Waals surface area contributed by atoms with Crippen molar-refractivity contribution in [3.63, 3.8) is 0 Å². The monoisotopic (exact) mass is 234 g/mol. The zero-order chi connectivity index (χ0) is 11.9. The van der Waals surface area contributed by atoms with Crippen LogP contribution in [0.5, 0.6) is 5.75 Å². The van der Waals surface area contributed by atoms with Gasteiger partial charge in [0.1, 0.15) is 5.75 Å². The Kier molecular flexibility index (Phi) is 4.38. The lowest BCUT2D eigenvalue weighted by molar-refractivity contribution is 0.197.